The van der Waals surface area contributed by atoms with Crippen LogP contribution in [-0.2, 0) is 9.73 Å². The topological polar surface area (TPSA) is 93.8 Å². The summed E-state index contributed by atoms with van der Waals surface area (Å²) in [5.74, 6) is 0. The van der Waals surface area contributed by atoms with Crippen LogP contribution in [0.3, 0.4) is 0 Å². The lowest BCUT2D eigenvalue weighted by Crippen LogP contribution is -2.11. The molecule has 0 fully saturated rings. The van der Waals surface area contributed by atoms with Crippen molar-refractivity contribution in [2.24, 2.45) is 5.10 Å². The highest BCUT2D eigenvalue weighted by Crippen LogP contribution is 1.62. The number of hydrogen-bond acceptors (Lipinski definition) is 6. The molecule has 0 aliphatic carbocycles. The molecule has 0 aromatic carbocycles. The normalized spacial score (nSPS) is 6.50. The van der Waals surface area contributed by atoms with Crippen LogP contribution in [0.4, 0.5) is 0 Å². The number of nitrogens with one attached hydrogen (secondary N) is 1. The molecule has 7 heteroatoms. The van der Waals surface area contributed by atoms with Crippen molar-refractivity contribution >= 4 is 6.08 Å². The minimum atomic E-state index is -1.15. The molecule has 0 heterocycles. The van der Waals surface area contributed by atoms with Crippen molar-refractivity contribution < 1.29 is 14.8 Å². The van der Waals surface area contributed by atoms with Crippen LogP contribution in [0, 0.1) is 10.1 Å². The molecule has 0 saturated carbocycles. The molecule has 0 aliphatic rings. The molecule has 0 amide bonds. The zero-order chi connectivity index (χ0) is 6.41. The quantitative estimate of drug-likeness (QED) is 0.221. The molecule has 0 atom stereocenters. The Morgan fingerprint density at radius 3 is 2.88 bits per heavy atom. The fourth-order valence-electron chi connectivity index (χ4n) is 0.0724. The summed E-state index contributed by atoms with van der Waals surface area (Å²) in [6.45, 7) is 0. The third-order valence-corrected chi connectivity index (χ3v) is 0.207. The molecule has 0 aliphatic heterocycles. The zero-order valence-electron chi connectivity index (χ0n) is 3.53. The number of hydrazone groups is 1. The third kappa shape index (κ3) is 4.38. The van der Waals surface area contributed by atoms with Crippen LogP contribution in [0.25, 0.3) is 0 Å². The van der Waals surface area contributed by atoms with Crippen LogP contribution < -0.4 is 5.59 Å². The van der Waals surface area contributed by atoms with Gasteiger partial charge in [0.2, 0.25) is 0 Å². The molecule has 0 bridgehead atoms. The summed E-state index contributed by atoms with van der Waals surface area (Å²) >= 11 is 0. The van der Waals surface area contributed by atoms with Gasteiger partial charge in [0.05, 0.1) is 0 Å². The molecule has 0 rings (SSSR count). The number of nitrogens with zero attached hydrogens (tertiary/aromatic N) is 2. The molecular formula is CHN3O4. The fraction of sp³-hybridized carbons (Fsp3) is 0. The standard InChI is InChI=1S/CHN3O4/c5-1-2-3-8-4(6)7/h3H. The van der Waals surface area contributed by atoms with Gasteiger partial charge < -0.3 is 0 Å². The van der Waals surface area contributed by atoms with E-state index in [1.807, 2.05) is 0 Å². The maximum Gasteiger partial charge on any atom is 0.318 e. The molecule has 44 valence electrons. The summed E-state index contributed by atoms with van der Waals surface area (Å²) in [5.41, 5.74) is 1.34. The summed E-state index contributed by atoms with van der Waals surface area (Å²) in [6.07, 6.45) is 0.958. The average molecular weight is 119 g/mol. The van der Waals surface area contributed by atoms with Gasteiger partial charge in [-0.3, -0.25) is 0 Å². The second-order valence-electron chi connectivity index (χ2n) is 0.609. The van der Waals surface area contributed by atoms with Crippen molar-refractivity contribution in [2.75, 3.05) is 0 Å². The van der Waals surface area contributed by atoms with E-state index in [9.17, 15) is 10.1 Å². The lowest BCUT2D eigenvalue weighted by atomic mass is 11.6. The van der Waals surface area contributed by atoms with Crippen LogP contribution >= 0.6 is 0 Å². The minimum absolute atomic E-state index is 0.958. The maximum absolute atomic E-state index is 9.21. The van der Waals surface area contributed by atoms with Crippen molar-refractivity contribution in [1.29, 1.82) is 0 Å². The van der Waals surface area contributed by atoms with Crippen LogP contribution in [0.1, 0.15) is 0 Å². The van der Waals surface area contributed by atoms with Gasteiger partial charge in [0.15, 0.2) is 0 Å². The van der Waals surface area contributed by atoms with Gasteiger partial charge in [-0.1, -0.05) is 5.10 Å². The summed E-state index contributed by atoms with van der Waals surface area (Å²) in [7, 11) is 0. The Labute approximate surface area is 43.0 Å². The Kier molecular flexibility index (Phi) is 2.84. The Bertz CT molecular complexity index is 123. The summed E-state index contributed by atoms with van der Waals surface area (Å²) in [4.78, 5) is 21.7. The lowest BCUT2D eigenvalue weighted by Gasteiger charge is -1.86. The molecule has 1 N–H and O–H groups in total. The first-order valence-corrected chi connectivity index (χ1v) is 1.40. The minimum Gasteiger partial charge on any atom is -0.209 e. The average Bonchev–Trinajstić information content (AvgIpc) is 1.66. The Morgan fingerprint density at radius 1 is 1.88 bits per heavy atom. The molecular weight excluding hydrogens is 118 g/mol. The van der Waals surface area contributed by atoms with Crippen molar-refractivity contribution in [2.45, 2.75) is 0 Å². The van der Waals surface area contributed by atoms with E-state index in [0.29, 0.717) is 0 Å². The molecule has 0 unspecified atom stereocenters. The third-order valence-electron chi connectivity index (χ3n) is 0.207. The first-order chi connectivity index (χ1) is 3.77. The second-order valence-corrected chi connectivity index (χ2v) is 0.609. The van der Waals surface area contributed by atoms with Crippen molar-refractivity contribution in [3.8, 4) is 0 Å². The fourth-order valence-corrected chi connectivity index (χ4v) is 0.0724. The maximum atomic E-state index is 9.21. The van der Waals surface area contributed by atoms with Crippen LogP contribution in [0.5, 0.6) is 0 Å². The van der Waals surface area contributed by atoms with E-state index >= 15 is 0 Å². The molecule has 0 aromatic rings. The first-order valence-electron chi connectivity index (χ1n) is 1.40. The number of isocyanates is 1. The van der Waals surface area contributed by atoms with E-state index in [1.54, 1.807) is 0 Å². The van der Waals surface area contributed by atoms with Gasteiger partial charge in [0.25, 0.3) is 6.08 Å². The molecule has 0 radical (unpaired) electrons. The molecule has 7 nitrogen and oxygen atoms in total. The molecule has 0 aromatic heterocycles. The van der Waals surface area contributed by atoms with Crippen molar-refractivity contribution in [3.63, 3.8) is 0 Å². The SMILES string of the molecule is O=C=NNO[N+](=O)[O-]. The summed E-state index contributed by atoms with van der Waals surface area (Å²) < 4.78 is 0. The highest BCUT2D eigenvalue weighted by atomic mass is 17.0. The Balaban J connectivity index is 3.18. The molecule has 0 spiro atoms. The monoisotopic (exact) mass is 119 g/mol. The zero-order valence-corrected chi connectivity index (χ0v) is 3.53. The lowest BCUT2D eigenvalue weighted by molar-refractivity contribution is -0.776. The van der Waals surface area contributed by atoms with Crippen molar-refractivity contribution in [3.05, 3.63) is 10.1 Å². The van der Waals surface area contributed by atoms with Crippen molar-refractivity contribution in [1.82, 2.24) is 5.59 Å². The molecule has 0 saturated heterocycles. The van der Waals surface area contributed by atoms with E-state index in [0.717, 1.165) is 6.08 Å². The van der Waals surface area contributed by atoms with Gasteiger partial charge in [-0.15, -0.1) is 15.7 Å². The molecule has 8 heavy (non-hydrogen) atoms. The van der Waals surface area contributed by atoms with E-state index in [1.165, 1.54) is 5.59 Å². The second kappa shape index (κ2) is 3.57. The van der Waals surface area contributed by atoms with E-state index in [-0.39, 0.29) is 0 Å². The highest BCUT2D eigenvalue weighted by Gasteiger charge is 1.86. The van der Waals surface area contributed by atoms with Gasteiger partial charge in [0, 0.05) is 0 Å². The predicted molar refractivity (Wildman–Crippen MR) is 19.3 cm³/mol. The van der Waals surface area contributed by atoms with E-state index in [2.05, 4.69) is 10.0 Å². The Hall–Kier alpha value is -1.62. The van der Waals surface area contributed by atoms with Crippen LogP contribution in [-0.4, -0.2) is 11.2 Å². The van der Waals surface area contributed by atoms with Gasteiger partial charge >= 0.3 is 5.09 Å². The van der Waals surface area contributed by atoms with Gasteiger partial charge in [-0.2, -0.15) is 4.94 Å². The van der Waals surface area contributed by atoms with Gasteiger partial charge in [-0.05, 0) is 0 Å². The highest BCUT2D eigenvalue weighted by molar-refractivity contribution is 5.31. The van der Waals surface area contributed by atoms with Gasteiger partial charge in [0.1, 0.15) is 0 Å². The van der Waals surface area contributed by atoms with E-state index < -0.39 is 5.09 Å². The first kappa shape index (κ1) is 6.38. The van der Waals surface area contributed by atoms with Crippen LogP contribution in [0.2, 0.25) is 0 Å². The largest absolute Gasteiger partial charge is 0.318 e. The Morgan fingerprint density at radius 2 is 2.50 bits per heavy atom. The number of rotatable bonds is 3. The smallest absolute Gasteiger partial charge is 0.209 e. The number of hydrogen-bond donors (Lipinski definition) is 1. The number of carbonyl (C=O) groups excluding carboxylic acids is 1. The van der Waals surface area contributed by atoms with Gasteiger partial charge in [-0.25, -0.2) is 4.79 Å². The van der Waals surface area contributed by atoms with E-state index in [4.69, 9.17) is 4.79 Å². The van der Waals surface area contributed by atoms with Crippen LogP contribution in [0.15, 0.2) is 5.10 Å². The summed E-state index contributed by atoms with van der Waals surface area (Å²) in [5, 5.41) is 10.5. The predicted octanol–water partition coefficient (Wildman–Crippen LogP) is -1.05. The summed E-state index contributed by atoms with van der Waals surface area (Å²) in [6, 6.07) is 0.